The predicted molar refractivity (Wildman–Crippen MR) is 456 cm³/mol. The smallest absolute Gasteiger partial charge is 0.0541 e. The number of fused-ring (bicyclic) bond motifs is 18. The van der Waals surface area contributed by atoms with Crippen molar-refractivity contribution < 1.29 is 0 Å². The Bertz CT molecular complexity index is 7470. The minimum atomic E-state index is 1.16. The van der Waals surface area contributed by atoms with Crippen molar-refractivity contribution in [1.29, 1.82) is 0 Å². The average molecular weight is 1370 g/mol. The van der Waals surface area contributed by atoms with Crippen molar-refractivity contribution in [2.75, 3.05) is 0 Å². The van der Waals surface area contributed by atoms with Gasteiger partial charge in [0.25, 0.3) is 0 Å². The zero-order valence-electron chi connectivity index (χ0n) is 58.7. The molecule has 0 atom stereocenters. The summed E-state index contributed by atoms with van der Waals surface area (Å²) in [6, 6.07) is 143. The van der Waals surface area contributed by atoms with E-state index in [1.807, 2.05) is 0 Å². The number of rotatable bonds is 8. The van der Waals surface area contributed by atoms with E-state index in [1.54, 1.807) is 0 Å². The highest BCUT2D eigenvalue weighted by molar-refractivity contribution is 6.21. The topological polar surface area (TPSA) is 19.7 Å². The molecule has 0 saturated carbocycles. The molecule has 0 N–H and O–H groups in total. The van der Waals surface area contributed by atoms with Crippen LogP contribution in [0.25, 0.3) is 221 Å². The van der Waals surface area contributed by atoms with Crippen molar-refractivity contribution >= 4 is 109 Å². The number of para-hydroxylation sites is 6. The van der Waals surface area contributed by atoms with Crippen LogP contribution in [-0.4, -0.2) is 18.3 Å². The zero-order chi connectivity index (χ0) is 70.7. The maximum atomic E-state index is 2.44. The van der Waals surface area contributed by atoms with Gasteiger partial charge in [0.05, 0.1) is 44.1 Å². The second-order valence-electron chi connectivity index (χ2n) is 29.0. The van der Waals surface area contributed by atoms with Gasteiger partial charge in [0.1, 0.15) is 0 Å². The van der Waals surface area contributed by atoms with E-state index in [2.05, 4.69) is 407 Å². The Balaban J connectivity index is 0.000000130. The maximum Gasteiger partial charge on any atom is 0.0541 e. The van der Waals surface area contributed by atoms with Crippen molar-refractivity contribution in [3.05, 3.63) is 388 Å². The molecule has 4 aromatic heterocycles. The molecular weight excluding hydrogens is 1310 g/mol. The molecule has 0 saturated heterocycles. The molecule has 108 heavy (non-hydrogen) atoms. The first-order valence-corrected chi connectivity index (χ1v) is 37.4. The molecule has 4 heterocycles. The SMILES string of the molecule is c1ccc(-n2c3ccccc3c3cc(-c4ccc5c(c4)c4ccccc4n5-c4ccc(-c5ccc6c7c(cccc57)-c5ccccc5-6)cc4)ccc32)cc1.c1ccc(-n2c3ccccc3c3cc(-c4ccc5c(c4)c4ccccc4n5-c4cccc(-c5ccc6c7c(cccc57)-c5ccccc5-6)c4)ccc32)cc1. The van der Waals surface area contributed by atoms with Gasteiger partial charge in [-0.05, 0) is 232 Å². The number of benzene rings is 18. The minimum Gasteiger partial charge on any atom is -0.309 e. The lowest BCUT2D eigenvalue weighted by molar-refractivity contribution is 1.18. The van der Waals surface area contributed by atoms with Gasteiger partial charge in [-0.2, -0.15) is 0 Å². The number of nitrogens with zero attached hydrogens (tertiary/aromatic N) is 4. The van der Waals surface area contributed by atoms with Crippen LogP contribution in [0.4, 0.5) is 0 Å². The lowest BCUT2D eigenvalue weighted by Gasteiger charge is -2.13. The summed E-state index contributed by atoms with van der Waals surface area (Å²) in [4.78, 5) is 0. The molecule has 24 rings (SSSR count). The molecule has 4 heteroatoms. The van der Waals surface area contributed by atoms with E-state index in [9.17, 15) is 0 Å². The van der Waals surface area contributed by atoms with E-state index < -0.39 is 0 Å². The van der Waals surface area contributed by atoms with E-state index in [-0.39, 0.29) is 0 Å². The van der Waals surface area contributed by atoms with Crippen LogP contribution in [0.15, 0.2) is 388 Å². The average Bonchev–Trinajstić information content (AvgIpc) is 1.58. The van der Waals surface area contributed by atoms with Crippen molar-refractivity contribution in [2.24, 2.45) is 0 Å². The lowest BCUT2D eigenvalue weighted by atomic mass is 9.94. The monoisotopic (exact) mass is 1370 g/mol. The first-order valence-electron chi connectivity index (χ1n) is 37.4. The van der Waals surface area contributed by atoms with Gasteiger partial charge in [-0.3, -0.25) is 0 Å². The second kappa shape index (κ2) is 23.6. The van der Waals surface area contributed by atoms with Crippen LogP contribution in [0.5, 0.6) is 0 Å². The number of hydrogen-bond donors (Lipinski definition) is 0. The lowest BCUT2D eigenvalue weighted by Crippen LogP contribution is -1.94. The molecule has 0 bridgehead atoms. The fourth-order valence-corrected chi connectivity index (χ4v) is 18.6. The molecule has 0 fully saturated rings. The molecule has 18 aromatic carbocycles. The van der Waals surface area contributed by atoms with Crippen LogP contribution < -0.4 is 0 Å². The summed E-state index contributed by atoms with van der Waals surface area (Å²) < 4.78 is 9.60. The molecule has 500 valence electrons. The van der Waals surface area contributed by atoms with E-state index >= 15 is 0 Å². The van der Waals surface area contributed by atoms with Gasteiger partial charge >= 0.3 is 0 Å². The summed E-state index contributed by atoms with van der Waals surface area (Å²) in [5.74, 6) is 0. The predicted octanol–water partition coefficient (Wildman–Crippen LogP) is 28.0. The van der Waals surface area contributed by atoms with Gasteiger partial charge in [-0.1, -0.05) is 267 Å². The van der Waals surface area contributed by atoms with Gasteiger partial charge in [0, 0.05) is 65.8 Å². The van der Waals surface area contributed by atoms with Gasteiger partial charge in [0.15, 0.2) is 0 Å². The van der Waals surface area contributed by atoms with Crippen LogP contribution in [0, 0.1) is 0 Å². The van der Waals surface area contributed by atoms with Crippen LogP contribution in [-0.2, 0) is 0 Å². The van der Waals surface area contributed by atoms with E-state index in [0.29, 0.717) is 0 Å². The quantitative estimate of drug-likeness (QED) is 0.144. The molecule has 22 aromatic rings. The van der Waals surface area contributed by atoms with Gasteiger partial charge in [-0.15, -0.1) is 0 Å². The highest BCUT2D eigenvalue weighted by Gasteiger charge is 2.26. The number of aromatic nitrogens is 4. The summed E-state index contributed by atoms with van der Waals surface area (Å²) >= 11 is 0. The van der Waals surface area contributed by atoms with Crippen LogP contribution in [0.3, 0.4) is 0 Å². The summed E-state index contributed by atoms with van der Waals surface area (Å²) in [7, 11) is 0. The largest absolute Gasteiger partial charge is 0.309 e. The summed E-state index contributed by atoms with van der Waals surface area (Å²) in [6.07, 6.45) is 0. The molecule has 0 radical (unpaired) electrons. The van der Waals surface area contributed by atoms with E-state index in [1.165, 1.54) is 209 Å². The zero-order valence-corrected chi connectivity index (χ0v) is 58.7. The van der Waals surface area contributed by atoms with Crippen molar-refractivity contribution in [3.8, 4) is 112 Å². The Morgan fingerprint density at radius 1 is 0.120 bits per heavy atom. The highest BCUT2D eigenvalue weighted by Crippen LogP contribution is 2.52. The normalized spacial score (nSPS) is 12.1. The Labute approximate surface area is 623 Å². The summed E-state index contributed by atoms with van der Waals surface area (Å²) in [6.45, 7) is 0. The molecule has 4 nitrogen and oxygen atoms in total. The Kier molecular flexibility index (Phi) is 13.1. The minimum absolute atomic E-state index is 1.16. The molecular formula is C104H64N4. The fraction of sp³-hybridized carbons (Fsp3) is 0. The Hall–Kier alpha value is -14.3. The third-order valence-corrected chi connectivity index (χ3v) is 23.3. The standard InChI is InChI=1S/2C52H32N2/c1-2-13-36(14-3-1)53-48-22-8-6-18-41(48)46-31-33(24-28-50(46)53)34-25-29-51-47(32-34)42-19-7-9-23-49(42)54(51)37-15-10-12-35(30-37)38-26-27-45-40-17-5-4-16-39(40)44-21-11-20-43(38)52(44)45;1-2-11-36(12-3-1)53-48-19-8-6-15-41(48)46-31-34(23-29-50(46)53)35-24-30-51-47(32-35)42-16-7-9-20-49(42)54(51)37-25-21-33(22-26-37)38-27-28-45-40-14-5-4-13-39(40)44-18-10-17-43(38)52(44)45/h2*1-32H. The van der Waals surface area contributed by atoms with Gasteiger partial charge in [-0.25, -0.2) is 0 Å². The number of hydrogen-bond acceptors (Lipinski definition) is 0. The van der Waals surface area contributed by atoms with Crippen LogP contribution >= 0.6 is 0 Å². The maximum absolute atomic E-state index is 2.44. The summed E-state index contributed by atoms with van der Waals surface area (Å²) in [5.41, 5.74) is 34.9. The molecule has 0 amide bonds. The molecule has 0 spiro atoms. The van der Waals surface area contributed by atoms with E-state index in [4.69, 9.17) is 0 Å². The van der Waals surface area contributed by atoms with Crippen LogP contribution in [0.2, 0.25) is 0 Å². The molecule has 2 aliphatic carbocycles. The van der Waals surface area contributed by atoms with Crippen molar-refractivity contribution in [1.82, 2.24) is 18.3 Å². The van der Waals surface area contributed by atoms with Gasteiger partial charge in [0.2, 0.25) is 0 Å². The Morgan fingerprint density at radius 2 is 0.380 bits per heavy atom. The van der Waals surface area contributed by atoms with Crippen molar-refractivity contribution in [3.63, 3.8) is 0 Å². The van der Waals surface area contributed by atoms with Crippen LogP contribution in [0.1, 0.15) is 0 Å². The Morgan fingerprint density at radius 3 is 0.769 bits per heavy atom. The first kappa shape index (κ1) is 60.1. The highest BCUT2D eigenvalue weighted by atomic mass is 15.0. The van der Waals surface area contributed by atoms with Gasteiger partial charge < -0.3 is 18.3 Å². The molecule has 0 unspecified atom stereocenters. The summed E-state index contributed by atoms with van der Waals surface area (Å²) in [5, 5.41) is 15.4. The first-order chi connectivity index (χ1) is 53.6. The third-order valence-electron chi connectivity index (χ3n) is 23.3. The van der Waals surface area contributed by atoms with E-state index in [0.717, 1.165) is 11.4 Å². The molecule has 0 aliphatic heterocycles. The third kappa shape index (κ3) is 8.98. The second-order valence-corrected chi connectivity index (χ2v) is 29.0. The fourth-order valence-electron chi connectivity index (χ4n) is 18.6. The molecule has 2 aliphatic rings. The van der Waals surface area contributed by atoms with Crippen molar-refractivity contribution in [2.45, 2.75) is 0 Å².